The minimum Gasteiger partial charge on any atom is -0.495 e. The Morgan fingerprint density at radius 3 is 2.23 bits per heavy atom. The van der Waals surface area contributed by atoms with E-state index in [0.717, 1.165) is 36.9 Å². The first-order chi connectivity index (χ1) is 20.8. The van der Waals surface area contributed by atoms with Crippen molar-refractivity contribution in [2.24, 2.45) is 11.8 Å². The van der Waals surface area contributed by atoms with Gasteiger partial charge in [-0.25, -0.2) is 0 Å². The first-order valence-electron chi connectivity index (χ1n) is 15.9. The van der Waals surface area contributed by atoms with Gasteiger partial charge in [0.1, 0.15) is 11.8 Å². The van der Waals surface area contributed by atoms with Crippen LogP contribution in [0.5, 0.6) is 5.75 Å². The second kappa shape index (κ2) is 15.9. The van der Waals surface area contributed by atoms with Gasteiger partial charge in [-0.05, 0) is 75.3 Å². The lowest BCUT2D eigenvalue weighted by molar-refractivity contribution is -0.140. The number of carbonyl (C=O) groups excluding carboxylic acids is 3. The Hall–Kier alpha value is -3.65. The molecule has 1 fully saturated rings. The summed E-state index contributed by atoms with van der Waals surface area (Å²) in [4.78, 5) is 44.7. The number of anilines is 1. The van der Waals surface area contributed by atoms with Gasteiger partial charge in [-0.1, -0.05) is 76.6 Å². The molecule has 0 saturated carbocycles. The third kappa shape index (κ3) is 8.72. The molecule has 0 aliphatic carbocycles. The summed E-state index contributed by atoms with van der Waals surface area (Å²) in [5.41, 5.74) is 3.04. The van der Waals surface area contributed by atoms with Crippen LogP contribution in [0, 0.1) is 11.8 Å². The molecule has 3 atom stereocenters. The largest absolute Gasteiger partial charge is 0.495 e. The van der Waals surface area contributed by atoms with Crippen molar-refractivity contribution in [3.63, 3.8) is 0 Å². The number of benzene rings is 2. The van der Waals surface area contributed by atoms with Crippen LogP contribution in [-0.4, -0.2) is 72.4 Å². The average Bonchev–Trinajstić information content (AvgIpc) is 3.01. The molecule has 240 valence electrons. The van der Waals surface area contributed by atoms with E-state index in [4.69, 9.17) is 4.74 Å². The van der Waals surface area contributed by atoms with Gasteiger partial charge in [-0.15, -0.1) is 0 Å². The molecule has 2 N–H and O–H groups in total. The number of nitrogens with one attached hydrogen (secondary N) is 2. The Kier molecular flexibility index (Phi) is 12.6. The molecule has 8 nitrogen and oxygen atoms in total. The zero-order valence-corrected chi connectivity index (χ0v) is 28.0. The summed E-state index contributed by atoms with van der Waals surface area (Å²) in [5, 5.41) is 6.10. The van der Waals surface area contributed by atoms with Crippen molar-refractivity contribution in [1.29, 1.82) is 0 Å². The van der Waals surface area contributed by atoms with Gasteiger partial charge in [0.25, 0.3) is 5.91 Å². The number of likely N-dealkylation sites (tertiary alicyclic amines) is 1. The van der Waals surface area contributed by atoms with Crippen molar-refractivity contribution in [2.75, 3.05) is 26.0 Å². The zero-order chi connectivity index (χ0) is 32.6. The number of ether oxygens (including phenoxy) is 1. The Morgan fingerprint density at radius 2 is 1.64 bits per heavy atom. The fourth-order valence-electron chi connectivity index (χ4n) is 5.90. The van der Waals surface area contributed by atoms with Crippen molar-refractivity contribution in [1.82, 2.24) is 15.1 Å². The molecule has 8 heteroatoms. The van der Waals surface area contributed by atoms with Crippen LogP contribution in [0.1, 0.15) is 67.7 Å². The molecular weight excluding hydrogens is 552 g/mol. The number of hydrogen-bond donors (Lipinski definition) is 2. The van der Waals surface area contributed by atoms with Crippen molar-refractivity contribution >= 4 is 23.4 Å². The van der Waals surface area contributed by atoms with Gasteiger partial charge in [0.2, 0.25) is 11.8 Å². The van der Waals surface area contributed by atoms with Gasteiger partial charge in [0.15, 0.2) is 0 Å². The fraction of sp³-hybridized carbons (Fsp3) is 0.528. The molecule has 1 unspecified atom stereocenters. The monoisotopic (exact) mass is 604 g/mol. The van der Waals surface area contributed by atoms with Crippen LogP contribution in [0.2, 0.25) is 0 Å². The average molecular weight is 605 g/mol. The van der Waals surface area contributed by atoms with E-state index in [0.29, 0.717) is 17.0 Å². The van der Waals surface area contributed by atoms with Crippen molar-refractivity contribution in [3.8, 4) is 16.9 Å². The smallest absolute Gasteiger partial charge is 0.251 e. The highest BCUT2D eigenvalue weighted by Crippen LogP contribution is 2.31. The number of piperidine rings is 1. The highest BCUT2D eigenvalue weighted by molar-refractivity contribution is 6.04. The highest BCUT2D eigenvalue weighted by Gasteiger charge is 2.36. The van der Waals surface area contributed by atoms with Gasteiger partial charge in [-0.3, -0.25) is 19.3 Å². The molecule has 0 radical (unpaired) electrons. The molecule has 2 aromatic carbocycles. The first-order valence-corrected chi connectivity index (χ1v) is 15.9. The van der Waals surface area contributed by atoms with Crippen LogP contribution in [0.4, 0.5) is 5.69 Å². The quantitative estimate of drug-likeness (QED) is 0.284. The molecule has 1 saturated heterocycles. The molecule has 0 spiro atoms. The first kappa shape index (κ1) is 34.8. The van der Waals surface area contributed by atoms with Crippen LogP contribution >= 0.6 is 0 Å². The van der Waals surface area contributed by atoms with E-state index in [1.54, 1.807) is 26.0 Å². The van der Waals surface area contributed by atoms with E-state index in [-0.39, 0.29) is 47.7 Å². The Morgan fingerprint density at radius 1 is 0.955 bits per heavy atom. The number of rotatable bonds is 12. The zero-order valence-electron chi connectivity index (χ0n) is 28.0. The summed E-state index contributed by atoms with van der Waals surface area (Å²) < 4.78 is 5.53. The molecular formula is C36H52N4O4. The molecule has 1 heterocycles. The van der Waals surface area contributed by atoms with E-state index in [9.17, 15) is 14.4 Å². The van der Waals surface area contributed by atoms with E-state index in [2.05, 4.69) is 29.4 Å². The van der Waals surface area contributed by atoms with Gasteiger partial charge in [0, 0.05) is 18.7 Å². The Bertz CT molecular complexity index is 1300. The maximum atomic E-state index is 13.9. The standard InChI is InChI=1S/C36H52N4O4/c1-23(2)31(39(8)36(43)33(24(3)4)38-35(42)30-17-13-14-20-40(30)25(5)6)21-26(7)34(41)37-29-22-28(18-19-32(29)44-9)27-15-11-10-12-16-27/h10-12,15-16,18-19,21-25,30-31,33H,13-14,17,20H2,1-9H3,(H,37,41)(H,38,42)/b26-21+/t30-,31-,33?/m1/s1. The van der Waals surface area contributed by atoms with Crippen LogP contribution in [-0.2, 0) is 14.4 Å². The second-order valence-corrected chi connectivity index (χ2v) is 12.8. The molecule has 0 bridgehead atoms. The molecule has 3 amide bonds. The van der Waals surface area contributed by atoms with E-state index in [1.807, 2.05) is 82.3 Å². The Balaban J connectivity index is 1.79. The van der Waals surface area contributed by atoms with Crippen LogP contribution in [0.3, 0.4) is 0 Å². The number of methoxy groups -OCH3 is 1. The van der Waals surface area contributed by atoms with Crippen LogP contribution in [0.15, 0.2) is 60.2 Å². The van der Waals surface area contributed by atoms with Crippen LogP contribution in [0.25, 0.3) is 11.1 Å². The minimum absolute atomic E-state index is 0.0286. The predicted octanol–water partition coefficient (Wildman–Crippen LogP) is 6.13. The SMILES string of the molecule is COc1ccc(-c2ccccc2)cc1NC(=O)/C(C)=C/[C@H](C(C)C)N(C)C(=O)C(NC(=O)[C@H]1CCCCN1C(C)C)C(C)C. The summed E-state index contributed by atoms with van der Waals surface area (Å²) in [7, 11) is 3.33. The molecule has 2 aromatic rings. The number of hydrogen-bond acceptors (Lipinski definition) is 5. The van der Waals surface area contributed by atoms with E-state index < -0.39 is 6.04 Å². The van der Waals surface area contributed by atoms with Crippen molar-refractivity contribution < 1.29 is 19.1 Å². The third-order valence-corrected chi connectivity index (χ3v) is 8.55. The molecule has 1 aliphatic rings. The van der Waals surface area contributed by atoms with Crippen LogP contribution < -0.4 is 15.4 Å². The lowest BCUT2D eigenvalue weighted by Gasteiger charge is -2.39. The maximum Gasteiger partial charge on any atom is 0.251 e. The van der Waals surface area contributed by atoms with Gasteiger partial charge < -0.3 is 20.3 Å². The van der Waals surface area contributed by atoms with E-state index >= 15 is 0 Å². The topological polar surface area (TPSA) is 91.0 Å². The molecule has 1 aliphatic heterocycles. The van der Waals surface area contributed by atoms with Gasteiger partial charge in [-0.2, -0.15) is 0 Å². The number of amides is 3. The fourth-order valence-corrected chi connectivity index (χ4v) is 5.90. The summed E-state index contributed by atoms with van der Waals surface area (Å²) in [6, 6.07) is 14.6. The lowest BCUT2D eigenvalue weighted by atomic mass is 9.95. The molecule has 0 aromatic heterocycles. The van der Waals surface area contributed by atoms with Crippen molar-refractivity contribution in [2.45, 2.75) is 91.9 Å². The third-order valence-electron chi connectivity index (χ3n) is 8.55. The van der Waals surface area contributed by atoms with Crippen molar-refractivity contribution in [3.05, 3.63) is 60.2 Å². The molecule has 44 heavy (non-hydrogen) atoms. The minimum atomic E-state index is -0.669. The Labute approximate surface area is 264 Å². The van der Waals surface area contributed by atoms with Gasteiger partial charge >= 0.3 is 0 Å². The maximum absolute atomic E-state index is 13.9. The molecule has 3 rings (SSSR count). The number of nitrogens with zero attached hydrogens (tertiary/aromatic N) is 2. The summed E-state index contributed by atoms with van der Waals surface area (Å²) in [6.07, 6.45) is 4.72. The predicted molar refractivity (Wildman–Crippen MR) is 178 cm³/mol. The number of likely N-dealkylation sites (N-methyl/N-ethyl adjacent to an activating group) is 1. The lowest BCUT2D eigenvalue weighted by Crippen LogP contribution is -2.58. The van der Waals surface area contributed by atoms with Gasteiger partial charge in [0.05, 0.1) is 24.9 Å². The highest BCUT2D eigenvalue weighted by atomic mass is 16.5. The number of carbonyl (C=O) groups is 3. The summed E-state index contributed by atoms with van der Waals surface area (Å²) >= 11 is 0. The second-order valence-electron chi connectivity index (χ2n) is 12.8. The van der Waals surface area contributed by atoms with E-state index in [1.165, 1.54) is 0 Å². The summed E-state index contributed by atoms with van der Waals surface area (Å²) in [5.74, 6) is -0.0438. The normalized spacial score (nSPS) is 17.4. The summed E-state index contributed by atoms with van der Waals surface area (Å²) in [6.45, 7) is 14.8.